The molecule has 0 radical (unpaired) electrons. The Labute approximate surface area is 244 Å². The second kappa shape index (κ2) is 13.5. The lowest BCUT2D eigenvalue weighted by Crippen LogP contribution is -2.54. The highest BCUT2D eigenvalue weighted by atomic mass is 79.9. The van der Waals surface area contributed by atoms with Gasteiger partial charge in [0.2, 0.25) is 21.8 Å². The van der Waals surface area contributed by atoms with Crippen molar-refractivity contribution in [1.29, 1.82) is 0 Å². The van der Waals surface area contributed by atoms with Crippen LogP contribution in [0.1, 0.15) is 30.5 Å². The molecule has 1 unspecified atom stereocenters. The zero-order chi connectivity index (χ0) is 28.7. The van der Waals surface area contributed by atoms with Crippen LogP contribution >= 0.6 is 27.5 Å². The maximum absolute atomic E-state index is 14.1. The van der Waals surface area contributed by atoms with Crippen LogP contribution in [-0.4, -0.2) is 50.0 Å². The summed E-state index contributed by atoms with van der Waals surface area (Å²) in [7, 11) is -3.87. The number of benzene rings is 3. The molecule has 0 aliphatic carbocycles. The van der Waals surface area contributed by atoms with E-state index >= 15 is 0 Å². The molecule has 0 spiro atoms. The van der Waals surface area contributed by atoms with E-state index in [4.69, 9.17) is 11.6 Å². The van der Waals surface area contributed by atoms with Gasteiger partial charge in [-0.15, -0.1) is 0 Å². The molecule has 208 valence electrons. The molecule has 0 heterocycles. The van der Waals surface area contributed by atoms with Gasteiger partial charge in [0, 0.05) is 28.5 Å². The van der Waals surface area contributed by atoms with Crippen LogP contribution < -0.4 is 9.62 Å². The molecular weight excluding hydrogens is 602 g/mol. The Kier molecular flexibility index (Phi) is 10.6. The number of amides is 2. The first kappa shape index (κ1) is 30.7. The minimum atomic E-state index is -3.87. The Morgan fingerprint density at radius 3 is 2.23 bits per heavy atom. The number of nitrogens with one attached hydrogen (secondary N) is 1. The average molecular weight is 635 g/mol. The minimum absolute atomic E-state index is 0.105. The van der Waals surface area contributed by atoms with Crippen molar-refractivity contribution in [2.24, 2.45) is 0 Å². The Morgan fingerprint density at radius 2 is 1.62 bits per heavy atom. The minimum Gasteiger partial charge on any atom is -0.352 e. The lowest BCUT2D eigenvalue weighted by molar-refractivity contribution is -0.140. The van der Waals surface area contributed by atoms with Gasteiger partial charge in [-0.2, -0.15) is 0 Å². The first-order valence-electron chi connectivity index (χ1n) is 12.5. The van der Waals surface area contributed by atoms with Crippen molar-refractivity contribution < 1.29 is 18.0 Å². The summed E-state index contributed by atoms with van der Waals surface area (Å²) in [5.41, 5.74) is 2.51. The van der Waals surface area contributed by atoms with Gasteiger partial charge in [-0.3, -0.25) is 13.9 Å². The number of anilines is 1. The third-order valence-electron chi connectivity index (χ3n) is 6.13. The number of carbonyl (C=O) groups is 2. The molecule has 1 atom stereocenters. The molecule has 0 bridgehead atoms. The van der Waals surface area contributed by atoms with Gasteiger partial charge < -0.3 is 10.2 Å². The van der Waals surface area contributed by atoms with Crippen LogP contribution in [0.2, 0.25) is 5.02 Å². The molecule has 0 aliphatic heterocycles. The number of nitrogens with zero attached hydrogens (tertiary/aromatic N) is 2. The van der Waals surface area contributed by atoms with Gasteiger partial charge in [0.1, 0.15) is 12.6 Å². The van der Waals surface area contributed by atoms with E-state index in [0.29, 0.717) is 16.3 Å². The molecule has 39 heavy (non-hydrogen) atoms. The summed E-state index contributed by atoms with van der Waals surface area (Å²) in [5, 5.41) is 3.32. The average Bonchev–Trinajstić information content (AvgIpc) is 2.86. The van der Waals surface area contributed by atoms with E-state index < -0.39 is 28.5 Å². The summed E-state index contributed by atoms with van der Waals surface area (Å²) < 4.78 is 27.7. The monoisotopic (exact) mass is 633 g/mol. The molecule has 1 N–H and O–H groups in total. The van der Waals surface area contributed by atoms with E-state index in [1.54, 1.807) is 25.1 Å². The maximum atomic E-state index is 14.1. The number of halogens is 2. The number of rotatable bonds is 11. The van der Waals surface area contributed by atoms with Crippen molar-refractivity contribution in [2.75, 3.05) is 17.1 Å². The number of hydrogen-bond acceptors (Lipinski definition) is 4. The van der Waals surface area contributed by atoms with E-state index in [-0.39, 0.29) is 24.9 Å². The molecule has 0 aromatic heterocycles. The highest BCUT2D eigenvalue weighted by molar-refractivity contribution is 9.10. The second-order valence-electron chi connectivity index (χ2n) is 9.67. The number of sulfonamides is 1. The number of carbonyl (C=O) groups excluding carboxylic acids is 2. The van der Waals surface area contributed by atoms with Crippen LogP contribution in [0.4, 0.5) is 5.69 Å². The lowest BCUT2D eigenvalue weighted by atomic mass is 10.0. The van der Waals surface area contributed by atoms with Crippen molar-refractivity contribution in [3.05, 3.63) is 99.0 Å². The predicted molar refractivity (Wildman–Crippen MR) is 160 cm³/mol. The first-order chi connectivity index (χ1) is 18.4. The SMILES string of the molecule is Cc1c(Cl)cccc1N(CC(=O)N(Cc1cccc(Br)c1)C(Cc1ccccc1)C(=O)NC(C)C)S(C)(=O)=O. The normalized spacial score (nSPS) is 12.2. The summed E-state index contributed by atoms with van der Waals surface area (Å²) >= 11 is 9.76. The highest BCUT2D eigenvalue weighted by Gasteiger charge is 2.33. The largest absolute Gasteiger partial charge is 0.352 e. The molecule has 0 aliphatic rings. The molecule has 3 aromatic rings. The molecule has 10 heteroatoms. The van der Waals surface area contributed by atoms with E-state index in [2.05, 4.69) is 21.2 Å². The number of hydrogen-bond donors (Lipinski definition) is 1. The third kappa shape index (κ3) is 8.55. The van der Waals surface area contributed by atoms with E-state index in [0.717, 1.165) is 26.2 Å². The Balaban J connectivity index is 2.08. The molecule has 2 amide bonds. The van der Waals surface area contributed by atoms with Gasteiger partial charge in [0.05, 0.1) is 11.9 Å². The van der Waals surface area contributed by atoms with E-state index in [1.807, 2.05) is 68.4 Å². The predicted octanol–water partition coefficient (Wildman–Crippen LogP) is 5.34. The Hall–Kier alpha value is -2.88. The van der Waals surface area contributed by atoms with Gasteiger partial charge in [-0.05, 0) is 61.7 Å². The van der Waals surface area contributed by atoms with Crippen LogP contribution in [-0.2, 0) is 32.6 Å². The van der Waals surface area contributed by atoms with Crippen molar-refractivity contribution >= 4 is 55.1 Å². The summed E-state index contributed by atoms with van der Waals surface area (Å²) in [5.74, 6) is -0.832. The van der Waals surface area contributed by atoms with Crippen molar-refractivity contribution in [3.8, 4) is 0 Å². The smallest absolute Gasteiger partial charge is 0.244 e. The summed E-state index contributed by atoms with van der Waals surface area (Å²) in [6.07, 6.45) is 1.31. The molecular formula is C29H33BrClN3O4S. The van der Waals surface area contributed by atoms with Crippen molar-refractivity contribution in [3.63, 3.8) is 0 Å². The van der Waals surface area contributed by atoms with Crippen LogP contribution in [0, 0.1) is 6.92 Å². The maximum Gasteiger partial charge on any atom is 0.244 e. The van der Waals surface area contributed by atoms with Crippen molar-refractivity contribution in [1.82, 2.24) is 10.2 Å². The summed E-state index contributed by atoms with van der Waals surface area (Å²) in [6, 6.07) is 20.8. The van der Waals surface area contributed by atoms with Gasteiger partial charge in [0.25, 0.3) is 0 Å². The first-order valence-corrected chi connectivity index (χ1v) is 15.5. The Bertz CT molecular complexity index is 1420. The lowest BCUT2D eigenvalue weighted by Gasteiger charge is -2.34. The molecule has 0 saturated heterocycles. The third-order valence-corrected chi connectivity index (χ3v) is 8.16. The van der Waals surface area contributed by atoms with Gasteiger partial charge in [-0.25, -0.2) is 8.42 Å². The molecule has 3 aromatic carbocycles. The highest BCUT2D eigenvalue weighted by Crippen LogP contribution is 2.29. The quantitative estimate of drug-likeness (QED) is 0.309. The Morgan fingerprint density at radius 1 is 0.974 bits per heavy atom. The van der Waals surface area contributed by atoms with Crippen LogP contribution in [0.15, 0.2) is 77.3 Å². The standard InChI is InChI=1S/C29H33BrClN3O4S/c1-20(2)32-29(36)27(17-22-10-6-5-7-11-22)33(18-23-12-8-13-24(30)16-23)28(35)19-34(39(4,37)38)26-15-9-14-25(31)21(26)3/h5-16,20,27H,17-19H2,1-4H3,(H,32,36). The van der Waals surface area contributed by atoms with E-state index in [9.17, 15) is 18.0 Å². The van der Waals surface area contributed by atoms with Gasteiger partial charge in [0.15, 0.2) is 0 Å². The van der Waals surface area contributed by atoms with Gasteiger partial charge in [-0.1, -0.05) is 76.1 Å². The molecule has 0 fully saturated rings. The fourth-order valence-corrected chi connectivity index (χ4v) is 5.74. The van der Waals surface area contributed by atoms with Crippen LogP contribution in [0.25, 0.3) is 0 Å². The van der Waals surface area contributed by atoms with Gasteiger partial charge >= 0.3 is 0 Å². The fourth-order valence-electron chi connectivity index (χ4n) is 4.23. The second-order valence-corrected chi connectivity index (χ2v) is 12.9. The fraction of sp³-hybridized carbons (Fsp3) is 0.310. The topological polar surface area (TPSA) is 86.8 Å². The van der Waals surface area contributed by atoms with Crippen molar-refractivity contribution in [2.45, 2.75) is 45.8 Å². The zero-order valence-electron chi connectivity index (χ0n) is 22.4. The summed E-state index contributed by atoms with van der Waals surface area (Å²) in [4.78, 5) is 29.1. The molecule has 0 saturated carbocycles. The van der Waals surface area contributed by atoms with Crippen LogP contribution in [0.3, 0.4) is 0 Å². The zero-order valence-corrected chi connectivity index (χ0v) is 25.6. The van der Waals surface area contributed by atoms with E-state index in [1.165, 1.54) is 4.90 Å². The molecule has 3 rings (SSSR count). The van der Waals surface area contributed by atoms with Crippen LogP contribution in [0.5, 0.6) is 0 Å². The summed E-state index contributed by atoms with van der Waals surface area (Å²) in [6.45, 7) is 5.02. The molecule has 7 nitrogen and oxygen atoms in total.